The summed E-state index contributed by atoms with van der Waals surface area (Å²) in [6.45, 7) is 4.66. The number of alkyl halides is 2. The maximum absolute atomic E-state index is 14.2. The summed E-state index contributed by atoms with van der Waals surface area (Å²) in [6, 6.07) is 9.78. The summed E-state index contributed by atoms with van der Waals surface area (Å²) in [5, 5.41) is 0. The first-order valence-corrected chi connectivity index (χ1v) is 11.1. The van der Waals surface area contributed by atoms with Crippen LogP contribution in [-0.4, -0.2) is 13.0 Å². The first kappa shape index (κ1) is 20.8. The second-order valence-corrected chi connectivity index (χ2v) is 8.73. The summed E-state index contributed by atoms with van der Waals surface area (Å²) in [4.78, 5) is 0. The van der Waals surface area contributed by atoms with Crippen LogP contribution >= 0.6 is 0 Å². The molecule has 0 amide bonds. The van der Waals surface area contributed by atoms with Crippen molar-refractivity contribution >= 4 is 0 Å². The maximum atomic E-state index is 14.2. The Morgan fingerprint density at radius 3 is 2.30 bits per heavy atom. The Kier molecular flexibility index (Phi) is 7.30. The van der Waals surface area contributed by atoms with Crippen molar-refractivity contribution in [3.8, 4) is 0 Å². The van der Waals surface area contributed by atoms with Crippen LogP contribution < -0.4 is 0 Å². The summed E-state index contributed by atoms with van der Waals surface area (Å²) < 4.78 is 34.6. The van der Waals surface area contributed by atoms with Crippen molar-refractivity contribution in [3.05, 3.63) is 35.9 Å². The minimum absolute atomic E-state index is 0.434. The molecule has 3 unspecified atom stereocenters. The van der Waals surface area contributed by atoms with Gasteiger partial charge in [-0.25, -0.2) is 8.78 Å². The normalized spacial score (nSPS) is 34.7. The lowest BCUT2D eigenvalue weighted by Crippen LogP contribution is -2.47. The van der Waals surface area contributed by atoms with Gasteiger partial charge in [0.15, 0.2) is 0 Å². The molecule has 0 bridgehead atoms. The lowest BCUT2D eigenvalue weighted by atomic mass is 9.62. The monoisotopic (exact) mass is 378 g/mol. The Labute approximate surface area is 163 Å². The van der Waals surface area contributed by atoms with Gasteiger partial charge in [-0.3, -0.25) is 0 Å². The smallest absolute Gasteiger partial charge is 0.244 e. The molecule has 0 aliphatic heterocycles. The highest BCUT2D eigenvalue weighted by atomic mass is 19.3. The largest absolute Gasteiger partial charge is 0.370 e. The molecule has 2 aliphatic carbocycles. The van der Waals surface area contributed by atoms with E-state index in [9.17, 15) is 8.78 Å². The van der Waals surface area contributed by atoms with E-state index in [0.29, 0.717) is 24.9 Å². The van der Waals surface area contributed by atoms with E-state index in [1.54, 1.807) is 0 Å². The molecule has 2 aliphatic rings. The van der Waals surface area contributed by atoms with Crippen LogP contribution in [0, 0.1) is 23.7 Å². The zero-order valence-electron chi connectivity index (χ0n) is 17.0. The molecule has 1 nitrogen and oxygen atoms in total. The van der Waals surface area contributed by atoms with Crippen LogP contribution in [0.2, 0.25) is 0 Å². The van der Waals surface area contributed by atoms with Crippen LogP contribution in [0.5, 0.6) is 0 Å². The van der Waals surface area contributed by atoms with Crippen molar-refractivity contribution in [3.63, 3.8) is 0 Å². The third kappa shape index (κ3) is 4.55. The topological polar surface area (TPSA) is 9.23 Å². The van der Waals surface area contributed by atoms with E-state index in [4.69, 9.17) is 4.74 Å². The standard InChI is InChI=1S/C24H36F2O/c1-3-8-18-11-13-19(14-12-18)20-15-16-24(27-4-2,22(17-20)23(25)26)21-9-6-5-7-10-21/h5-7,9-10,18-20,22-23H,3-4,8,11-17H2,1-2H3. The van der Waals surface area contributed by atoms with E-state index < -0.39 is 17.9 Å². The molecular weight excluding hydrogens is 342 g/mol. The van der Waals surface area contributed by atoms with Gasteiger partial charge in [-0.2, -0.15) is 0 Å². The van der Waals surface area contributed by atoms with Gasteiger partial charge in [0.05, 0.1) is 5.92 Å². The van der Waals surface area contributed by atoms with Gasteiger partial charge >= 0.3 is 0 Å². The molecular formula is C24H36F2O. The highest BCUT2D eigenvalue weighted by molar-refractivity contribution is 5.25. The first-order valence-electron chi connectivity index (χ1n) is 11.1. The molecule has 1 aromatic carbocycles. The van der Waals surface area contributed by atoms with Crippen molar-refractivity contribution in [1.29, 1.82) is 0 Å². The number of benzene rings is 1. The van der Waals surface area contributed by atoms with Gasteiger partial charge in [0.2, 0.25) is 6.43 Å². The van der Waals surface area contributed by atoms with Gasteiger partial charge in [0.1, 0.15) is 5.60 Å². The van der Waals surface area contributed by atoms with Gasteiger partial charge in [-0.15, -0.1) is 0 Å². The fraction of sp³-hybridized carbons (Fsp3) is 0.750. The van der Waals surface area contributed by atoms with E-state index >= 15 is 0 Å². The van der Waals surface area contributed by atoms with E-state index in [0.717, 1.165) is 24.3 Å². The summed E-state index contributed by atoms with van der Waals surface area (Å²) in [5.41, 5.74) is 0.113. The molecule has 0 saturated heterocycles. The molecule has 0 spiro atoms. The number of halogens is 2. The summed E-state index contributed by atoms with van der Waals surface area (Å²) in [5.74, 6) is 1.23. The highest BCUT2D eigenvalue weighted by Crippen LogP contribution is 2.52. The molecule has 3 heteroatoms. The maximum Gasteiger partial charge on any atom is 0.244 e. The fourth-order valence-corrected chi connectivity index (χ4v) is 5.91. The zero-order chi connectivity index (χ0) is 19.3. The molecule has 27 heavy (non-hydrogen) atoms. The number of ether oxygens (including phenoxy) is 1. The van der Waals surface area contributed by atoms with Crippen molar-refractivity contribution < 1.29 is 13.5 Å². The average molecular weight is 379 g/mol. The van der Waals surface area contributed by atoms with Crippen molar-refractivity contribution in [2.75, 3.05) is 6.61 Å². The van der Waals surface area contributed by atoms with E-state index in [-0.39, 0.29) is 0 Å². The number of hydrogen-bond acceptors (Lipinski definition) is 1. The van der Waals surface area contributed by atoms with Gasteiger partial charge in [-0.05, 0) is 62.3 Å². The second kappa shape index (κ2) is 9.49. The van der Waals surface area contributed by atoms with Gasteiger partial charge in [0.25, 0.3) is 0 Å². The zero-order valence-corrected chi connectivity index (χ0v) is 17.0. The Morgan fingerprint density at radius 1 is 1.00 bits per heavy atom. The third-order valence-corrected chi connectivity index (χ3v) is 7.27. The molecule has 3 rings (SSSR count). The van der Waals surface area contributed by atoms with E-state index in [1.165, 1.54) is 38.5 Å². The van der Waals surface area contributed by atoms with Gasteiger partial charge < -0.3 is 4.74 Å². The molecule has 2 saturated carbocycles. The molecule has 152 valence electrons. The Morgan fingerprint density at radius 2 is 1.70 bits per heavy atom. The van der Waals surface area contributed by atoms with Crippen LogP contribution in [-0.2, 0) is 10.3 Å². The summed E-state index contributed by atoms with van der Waals surface area (Å²) in [6.07, 6.45) is 7.66. The number of hydrogen-bond donors (Lipinski definition) is 0. The van der Waals surface area contributed by atoms with Crippen LogP contribution in [0.3, 0.4) is 0 Å². The Hall–Kier alpha value is -0.960. The molecule has 1 aromatic rings. The SMILES string of the molecule is CCCC1CCC(C2CCC(OCC)(c3ccccc3)C(C(F)F)C2)CC1. The summed E-state index contributed by atoms with van der Waals surface area (Å²) >= 11 is 0. The van der Waals surface area contributed by atoms with Gasteiger partial charge in [-0.1, -0.05) is 62.9 Å². The quantitative estimate of drug-likeness (QED) is 0.487. The minimum atomic E-state index is -2.34. The van der Waals surface area contributed by atoms with E-state index in [1.807, 2.05) is 37.3 Å². The van der Waals surface area contributed by atoms with Crippen LogP contribution in [0.15, 0.2) is 30.3 Å². The highest BCUT2D eigenvalue weighted by Gasteiger charge is 2.51. The molecule has 0 aromatic heterocycles. The predicted octanol–water partition coefficient (Wildman–Crippen LogP) is 7.21. The average Bonchev–Trinajstić information content (AvgIpc) is 2.70. The van der Waals surface area contributed by atoms with Crippen molar-refractivity contribution in [1.82, 2.24) is 0 Å². The molecule has 0 N–H and O–H groups in total. The summed E-state index contributed by atoms with van der Waals surface area (Å²) in [7, 11) is 0. The number of rotatable bonds is 7. The van der Waals surface area contributed by atoms with Crippen molar-refractivity contribution in [2.24, 2.45) is 23.7 Å². The second-order valence-electron chi connectivity index (χ2n) is 8.73. The fourth-order valence-electron chi connectivity index (χ4n) is 5.91. The van der Waals surface area contributed by atoms with Gasteiger partial charge in [0, 0.05) is 6.61 Å². The van der Waals surface area contributed by atoms with Crippen LogP contribution in [0.1, 0.15) is 77.2 Å². The van der Waals surface area contributed by atoms with Crippen LogP contribution in [0.25, 0.3) is 0 Å². The molecule has 0 radical (unpaired) electrons. The van der Waals surface area contributed by atoms with Crippen molar-refractivity contribution in [2.45, 2.75) is 83.7 Å². The molecule has 2 fully saturated rings. The predicted molar refractivity (Wildman–Crippen MR) is 107 cm³/mol. The third-order valence-electron chi connectivity index (χ3n) is 7.27. The Balaban J connectivity index is 1.75. The first-order chi connectivity index (χ1) is 13.1. The van der Waals surface area contributed by atoms with Crippen LogP contribution in [0.4, 0.5) is 8.78 Å². The molecule has 3 atom stereocenters. The lowest BCUT2D eigenvalue weighted by Gasteiger charge is -2.48. The Bertz CT molecular complexity index is 553. The minimum Gasteiger partial charge on any atom is -0.370 e. The lowest BCUT2D eigenvalue weighted by molar-refractivity contribution is -0.166. The van der Waals surface area contributed by atoms with E-state index in [2.05, 4.69) is 6.92 Å². The molecule has 0 heterocycles.